The van der Waals surface area contributed by atoms with Crippen LogP contribution in [-0.4, -0.2) is 25.7 Å². The van der Waals surface area contributed by atoms with Crippen molar-refractivity contribution in [3.8, 4) is 12.1 Å². The number of hydrogen-bond acceptors (Lipinski definition) is 6. The second-order valence-corrected chi connectivity index (χ2v) is 5.43. The molecule has 0 aliphatic heterocycles. The van der Waals surface area contributed by atoms with Crippen molar-refractivity contribution in [1.29, 1.82) is 10.5 Å². The average molecular weight is 280 g/mol. The van der Waals surface area contributed by atoms with E-state index in [1.165, 1.54) is 14.2 Å². The Hall–Kier alpha value is -1.50. The van der Waals surface area contributed by atoms with Crippen molar-refractivity contribution in [2.75, 3.05) is 14.2 Å². The molecule has 0 aliphatic rings. The van der Waals surface area contributed by atoms with Gasteiger partial charge in [0, 0.05) is 38.9 Å². The molecule has 0 aromatic heterocycles. The molecule has 0 spiro atoms. The Morgan fingerprint density at radius 1 is 0.900 bits per heavy atom. The molecule has 0 saturated carbocycles. The van der Waals surface area contributed by atoms with Crippen LogP contribution in [-0.2, 0) is 9.47 Å². The Bertz CT molecular complexity index is 374. The number of nitriles is 2. The number of methoxy groups -OCH3 is 2. The molecule has 6 heteroatoms. The molecule has 0 aliphatic carbocycles. The molecule has 0 bridgehead atoms. The fourth-order valence-corrected chi connectivity index (χ4v) is 1.77. The van der Waals surface area contributed by atoms with Crippen LogP contribution < -0.4 is 0 Å². The third kappa shape index (κ3) is 6.10. The minimum absolute atomic E-state index is 0.189. The summed E-state index contributed by atoms with van der Waals surface area (Å²) in [5.41, 5.74) is -1.74. The molecule has 4 atom stereocenters. The van der Waals surface area contributed by atoms with E-state index in [-0.39, 0.29) is 11.8 Å². The van der Waals surface area contributed by atoms with Gasteiger partial charge in [-0.15, -0.1) is 0 Å². The van der Waals surface area contributed by atoms with Crippen molar-refractivity contribution < 1.29 is 9.47 Å². The van der Waals surface area contributed by atoms with E-state index >= 15 is 0 Å². The van der Waals surface area contributed by atoms with E-state index in [9.17, 15) is 0 Å². The third-order valence-corrected chi connectivity index (χ3v) is 3.16. The fraction of sp³-hybridized carbons (Fsp3) is 0.857. The van der Waals surface area contributed by atoms with Crippen LogP contribution in [0.2, 0.25) is 0 Å². The van der Waals surface area contributed by atoms with Gasteiger partial charge < -0.3 is 9.47 Å². The molecule has 0 amide bonds. The summed E-state index contributed by atoms with van der Waals surface area (Å²) in [6, 6.07) is 4.30. The Morgan fingerprint density at radius 3 is 1.40 bits per heavy atom. The maximum atomic E-state index is 8.88. The molecule has 0 fully saturated rings. The SMILES string of the molecule is COC(C)(CC(C)C#N)/N=N/C(C)(CC(C)C#N)OC. The summed E-state index contributed by atoms with van der Waals surface area (Å²) in [5.74, 6) is -0.378. The van der Waals surface area contributed by atoms with Crippen LogP contribution in [0, 0.1) is 34.5 Å². The van der Waals surface area contributed by atoms with Gasteiger partial charge in [-0.2, -0.15) is 20.8 Å². The molecule has 0 heterocycles. The Balaban J connectivity index is 5.01. The smallest absolute Gasteiger partial charge is 0.177 e. The van der Waals surface area contributed by atoms with Crippen molar-refractivity contribution in [3.05, 3.63) is 0 Å². The highest BCUT2D eigenvalue weighted by molar-refractivity contribution is 4.88. The number of hydrogen-bond donors (Lipinski definition) is 0. The first-order valence-electron chi connectivity index (χ1n) is 6.57. The van der Waals surface area contributed by atoms with Gasteiger partial charge in [0.15, 0.2) is 11.4 Å². The highest BCUT2D eigenvalue weighted by atomic mass is 16.5. The van der Waals surface area contributed by atoms with Crippen molar-refractivity contribution in [3.63, 3.8) is 0 Å². The fourth-order valence-electron chi connectivity index (χ4n) is 1.77. The Kier molecular flexibility index (Phi) is 7.34. The molecule has 0 saturated heterocycles. The first-order valence-corrected chi connectivity index (χ1v) is 6.57. The molecule has 0 N–H and O–H groups in total. The van der Waals surface area contributed by atoms with Gasteiger partial charge in [-0.05, 0) is 27.7 Å². The number of ether oxygens (including phenoxy) is 2. The van der Waals surface area contributed by atoms with E-state index in [2.05, 4.69) is 22.4 Å². The topological polar surface area (TPSA) is 90.8 Å². The number of azo groups is 1. The van der Waals surface area contributed by atoms with Gasteiger partial charge in [0.25, 0.3) is 0 Å². The lowest BCUT2D eigenvalue weighted by molar-refractivity contribution is -0.0380. The molecular formula is C14H24N4O2. The van der Waals surface area contributed by atoms with Crippen LogP contribution in [0.3, 0.4) is 0 Å². The van der Waals surface area contributed by atoms with Gasteiger partial charge in [0.2, 0.25) is 0 Å². The zero-order valence-corrected chi connectivity index (χ0v) is 13.2. The number of nitrogens with zero attached hydrogens (tertiary/aromatic N) is 4. The van der Waals surface area contributed by atoms with Crippen LogP contribution in [0.1, 0.15) is 40.5 Å². The van der Waals surface area contributed by atoms with Crippen molar-refractivity contribution in [1.82, 2.24) is 0 Å². The summed E-state index contributed by atoms with van der Waals surface area (Å²) in [6.45, 7) is 7.16. The predicted octanol–water partition coefficient (Wildman–Crippen LogP) is 3.26. The van der Waals surface area contributed by atoms with Gasteiger partial charge in [-0.1, -0.05) is 0 Å². The van der Waals surface area contributed by atoms with Crippen LogP contribution in [0.15, 0.2) is 10.2 Å². The van der Waals surface area contributed by atoms with Gasteiger partial charge in [-0.25, -0.2) is 0 Å². The maximum absolute atomic E-state index is 8.88. The van der Waals surface area contributed by atoms with Crippen LogP contribution in [0.4, 0.5) is 0 Å². The number of rotatable bonds is 8. The lowest BCUT2D eigenvalue weighted by Gasteiger charge is -2.27. The highest BCUT2D eigenvalue weighted by Crippen LogP contribution is 2.27. The van der Waals surface area contributed by atoms with E-state index < -0.39 is 11.4 Å². The monoisotopic (exact) mass is 280 g/mol. The largest absolute Gasteiger partial charge is 0.356 e. The standard InChI is InChI=1S/C14H24N4O2/c1-11(9-15)7-13(3,19-5)17-18-14(4,20-6)8-12(2)10-16/h11-12H,7-8H2,1-6H3/b18-17+. The normalized spacial score (nSPS) is 20.4. The first-order chi connectivity index (χ1) is 9.24. The lowest BCUT2D eigenvalue weighted by atomic mass is 10.0. The zero-order chi connectivity index (χ0) is 15.8. The van der Waals surface area contributed by atoms with Crippen LogP contribution in [0.25, 0.3) is 0 Å². The summed E-state index contributed by atoms with van der Waals surface area (Å²) in [7, 11) is 3.07. The summed E-state index contributed by atoms with van der Waals surface area (Å²) in [6.07, 6.45) is 0.883. The molecule has 6 nitrogen and oxygen atoms in total. The van der Waals surface area contributed by atoms with E-state index in [1.807, 2.05) is 0 Å². The van der Waals surface area contributed by atoms with Crippen LogP contribution >= 0.6 is 0 Å². The summed E-state index contributed by atoms with van der Waals surface area (Å²) in [4.78, 5) is 0. The molecule has 112 valence electrons. The molecule has 20 heavy (non-hydrogen) atoms. The molecule has 0 radical (unpaired) electrons. The minimum Gasteiger partial charge on any atom is -0.356 e. The third-order valence-electron chi connectivity index (χ3n) is 3.16. The minimum atomic E-state index is -0.870. The van der Waals surface area contributed by atoms with Crippen molar-refractivity contribution >= 4 is 0 Å². The maximum Gasteiger partial charge on any atom is 0.177 e. The molecule has 0 aromatic rings. The van der Waals surface area contributed by atoms with E-state index in [0.29, 0.717) is 12.8 Å². The molecular weight excluding hydrogens is 256 g/mol. The summed E-state index contributed by atoms with van der Waals surface area (Å²) in [5, 5.41) is 26.2. The van der Waals surface area contributed by atoms with Gasteiger partial charge in [0.1, 0.15) is 0 Å². The lowest BCUT2D eigenvalue weighted by Crippen LogP contribution is -2.31. The molecule has 0 aromatic carbocycles. The summed E-state index contributed by atoms with van der Waals surface area (Å²) >= 11 is 0. The van der Waals surface area contributed by atoms with E-state index in [0.717, 1.165) is 0 Å². The van der Waals surface area contributed by atoms with E-state index in [4.69, 9.17) is 20.0 Å². The Labute approximate surface area is 121 Å². The quantitative estimate of drug-likeness (QED) is 0.638. The van der Waals surface area contributed by atoms with Crippen molar-refractivity contribution in [2.45, 2.75) is 52.0 Å². The van der Waals surface area contributed by atoms with Gasteiger partial charge in [0.05, 0.1) is 12.1 Å². The average Bonchev–Trinajstić information content (AvgIpc) is 2.45. The van der Waals surface area contributed by atoms with Gasteiger partial charge in [-0.3, -0.25) is 0 Å². The summed E-state index contributed by atoms with van der Waals surface area (Å²) < 4.78 is 10.7. The van der Waals surface area contributed by atoms with Crippen LogP contribution in [0.5, 0.6) is 0 Å². The Morgan fingerprint density at radius 2 is 1.20 bits per heavy atom. The second kappa shape index (κ2) is 7.94. The predicted molar refractivity (Wildman–Crippen MR) is 74.5 cm³/mol. The van der Waals surface area contributed by atoms with E-state index in [1.54, 1.807) is 27.7 Å². The first kappa shape index (κ1) is 18.5. The zero-order valence-electron chi connectivity index (χ0n) is 13.2. The molecule has 4 unspecified atom stereocenters. The van der Waals surface area contributed by atoms with Gasteiger partial charge >= 0.3 is 0 Å². The van der Waals surface area contributed by atoms with Crippen molar-refractivity contribution in [2.24, 2.45) is 22.1 Å². The molecule has 0 rings (SSSR count). The second-order valence-electron chi connectivity index (χ2n) is 5.43. The highest BCUT2D eigenvalue weighted by Gasteiger charge is 2.30.